The molecule has 0 unspecified atom stereocenters. The van der Waals surface area contributed by atoms with E-state index in [-0.39, 0.29) is 5.54 Å². The van der Waals surface area contributed by atoms with Crippen LogP contribution in [0.1, 0.15) is 45.9 Å². The topological polar surface area (TPSA) is 49.8 Å². The van der Waals surface area contributed by atoms with Crippen LogP contribution < -0.4 is 10.6 Å². The standard InChI is InChI=1S/C13H22N4/c1-4-6-10-15-11(14-5-2)9-12(16-10)17-13(3)7-8-13/h9H,4-8H2,1-3H3,(H2,14,15,16,17). The summed E-state index contributed by atoms with van der Waals surface area (Å²) in [5.74, 6) is 2.81. The molecule has 0 bridgehead atoms. The van der Waals surface area contributed by atoms with Crippen molar-refractivity contribution in [3.63, 3.8) is 0 Å². The fourth-order valence-corrected chi connectivity index (χ4v) is 1.79. The average molecular weight is 234 g/mol. The summed E-state index contributed by atoms with van der Waals surface area (Å²) in [5, 5.41) is 6.76. The molecule has 1 aliphatic carbocycles. The second-order valence-corrected chi connectivity index (χ2v) is 5.02. The molecule has 94 valence electrons. The lowest BCUT2D eigenvalue weighted by atomic mass is 10.3. The summed E-state index contributed by atoms with van der Waals surface area (Å²) in [6, 6.07) is 2.01. The van der Waals surface area contributed by atoms with Crippen molar-refractivity contribution in [3.8, 4) is 0 Å². The smallest absolute Gasteiger partial charge is 0.133 e. The molecule has 1 aromatic rings. The quantitative estimate of drug-likeness (QED) is 0.794. The van der Waals surface area contributed by atoms with Gasteiger partial charge in [0.15, 0.2) is 0 Å². The Hall–Kier alpha value is -1.32. The maximum atomic E-state index is 4.57. The van der Waals surface area contributed by atoms with Gasteiger partial charge in [-0.3, -0.25) is 0 Å². The molecule has 1 saturated carbocycles. The number of aromatic nitrogens is 2. The van der Waals surface area contributed by atoms with Gasteiger partial charge in [-0.2, -0.15) is 0 Å². The van der Waals surface area contributed by atoms with Gasteiger partial charge in [-0.25, -0.2) is 9.97 Å². The first-order chi connectivity index (χ1) is 8.15. The van der Waals surface area contributed by atoms with Gasteiger partial charge < -0.3 is 10.6 Å². The van der Waals surface area contributed by atoms with E-state index in [4.69, 9.17) is 0 Å². The Kier molecular flexibility index (Phi) is 3.50. The predicted octanol–water partition coefficient (Wildman–Crippen LogP) is 2.83. The summed E-state index contributed by atoms with van der Waals surface area (Å²) in [6.45, 7) is 7.36. The molecule has 4 nitrogen and oxygen atoms in total. The van der Waals surface area contributed by atoms with Crippen LogP contribution in [0.2, 0.25) is 0 Å². The van der Waals surface area contributed by atoms with Crippen LogP contribution in [0.4, 0.5) is 11.6 Å². The number of rotatable bonds is 6. The summed E-state index contributed by atoms with van der Waals surface area (Å²) in [6.07, 6.45) is 4.48. The van der Waals surface area contributed by atoms with Gasteiger partial charge in [0, 0.05) is 24.6 Å². The Balaban J connectivity index is 2.17. The van der Waals surface area contributed by atoms with Gasteiger partial charge in [0.2, 0.25) is 0 Å². The predicted molar refractivity (Wildman–Crippen MR) is 71.5 cm³/mol. The Bertz CT molecular complexity index is 361. The van der Waals surface area contributed by atoms with Crippen molar-refractivity contribution in [2.45, 2.75) is 52.0 Å². The molecule has 0 amide bonds. The molecule has 1 aliphatic rings. The molecule has 4 heteroatoms. The van der Waals surface area contributed by atoms with E-state index < -0.39 is 0 Å². The second kappa shape index (κ2) is 4.90. The van der Waals surface area contributed by atoms with E-state index in [2.05, 4.69) is 41.4 Å². The molecule has 1 heterocycles. The molecule has 2 N–H and O–H groups in total. The van der Waals surface area contributed by atoms with Crippen LogP contribution in [0.5, 0.6) is 0 Å². The van der Waals surface area contributed by atoms with Gasteiger partial charge >= 0.3 is 0 Å². The van der Waals surface area contributed by atoms with Crippen LogP contribution in [0.25, 0.3) is 0 Å². The highest BCUT2D eigenvalue weighted by Gasteiger charge is 2.37. The van der Waals surface area contributed by atoms with E-state index in [1.807, 2.05) is 6.07 Å². The lowest BCUT2D eigenvalue weighted by Gasteiger charge is -2.14. The van der Waals surface area contributed by atoms with Crippen molar-refractivity contribution in [2.24, 2.45) is 0 Å². The molecule has 0 saturated heterocycles. The molecule has 17 heavy (non-hydrogen) atoms. The van der Waals surface area contributed by atoms with Gasteiger partial charge in [0.05, 0.1) is 0 Å². The zero-order chi connectivity index (χ0) is 12.3. The van der Waals surface area contributed by atoms with E-state index in [1.165, 1.54) is 12.8 Å². The van der Waals surface area contributed by atoms with Gasteiger partial charge in [0.1, 0.15) is 17.5 Å². The minimum atomic E-state index is 0.265. The summed E-state index contributed by atoms with van der Waals surface area (Å²) < 4.78 is 0. The molecular formula is C13H22N4. The second-order valence-electron chi connectivity index (χ2n) is 5.02. The number of nitrogens with zero attached hydrogens (tertiary/aromatic N) is 2. The van der Waals surface area contributed by atoms with Gasteiger partial charge in [-0.1, -0.05) is 6.92 Å². The first-order valence-electron chi connectivity index (χ1n) is 6.55. The number of anilines is 2. The minimum absolute atomic E-state index is 0.265. The van der Waals surface area contributed by atoms with Crippen LogP contribution in [-0.2, 0) is 6.42 Å². The number of aryl methyl sites for hydroxylation is 1. The normalized spacial score (nSPS) is 16.6. The first-order valence-corrected chi connectivity index (χ1v) is 6.55. The van der Waals surface area contributed by atoms with E-state index in [0.29, 0.717) is 0 Å². The molecular weight excluding hydrogens is 212 g/mol. The van der Waals surface area contributed by atoms with Crippen LogP contribution in [0, 0.1) is 0 Å². The average Bonchev–Trinajstić information content (AvgIpc) is 2.96. The maximum Gasteiger partial charge on any atom is 0.133 e. The third-order valence-corrected chi connectivity index (χ3v) is 3.03. The number of hydrogen-bond donors (Lipinski definition) is 2. The van der Waals surface area contributed by atoms with Gasteiger partial charge in [-0.05, 0) is 33.1 Å². The summed E-state index contributed by atoms with van der Waals surface area (Å²) in [5.41, 5.74) is 0.265. The van der Waals surface area contributed by atoms with Crippen molar-refractivity contribution < 1.29 is 0 Å². The van der Waals surface area contributed by atoms with Crippen molar-refractivity contribution in [2.75, 3.05) is 17.2 Å². The zero-order valence-electron chi connectivity index (χ0n) is 11.0. The largest absolute Gasteiger partial charge is 0.370 e. The van der Waals surface area contributed by atoms with Crippen molar-refractivity contribution in [1.82, 2.24) is 9.97 Å². The Morgan fingerprint density at radius 2 is 1.94 bits per heavy atom. The summed E-state index contributed by atoms with van der Waals surface area (Å²) in [7, 11) is 0. The zero-order valence-corrected chi connectivity index (χ0v) is 11.0. The van der Waals surface area contributed by atoms with Crippen LogP contribution in [-0.4, -0.2) is 22.1 Å². The van der Waals surface area contributed by atoms with Crippen LogP contribution >= 0.6 is 0 Å². The summed E-state index contributed by atoms with van der Waals surface area (Å²) >= 11 is 0. The van der Waals surface area contributed by atoms with Crippen molar-refractivity contribution in [1.29, 1.82) is 0 Å². The van der Waals surface area contributed by atoms with E-state index in [0.717, 1.165) is 36.8 Å². The van der Waals surface area contributed by atoms with Crippen LogP contribution in [0.15, 0.2) is 6.07 Å². The highest BCUT2D eigenvalue weighted by atomic mass is 15.1. The van der Waals surface area contributed by atoms with Crippen molar-refractivity contribution >= 4 is 11.6 Å². The first kappa shape index (κ1) is 12.1. The monoisotopic (exact) mass is 234 g/mol. The molecule has 1 aromatic heterocycles. The number of hydrogen-bond acceptors (Lipinski definition) is 4. The summed E-state index contributed by atoms with van der Waals surface area (Å²) in [4.78, 5) is 9.07. The van der Waals surface area contributed by atoms with Gasteiger partial charge in [-0.15, -0.1) is 0 Å². The fraction of sp³-hybridized carbons (Fsp3) is 0.692. The highest BCUT2D eigenvalue weighted by molar-refractivity contribution is 5.49. The highest BCUT2D eigenvalue weighted by Crippen LogP contribution is 2.37. The molecule has 0 aromatic carbocycles. The molecule has 0 aliphatic heterocycles. The Morgan fingerprint density at radius 3 is 2.53 bits per heavy atom. The Morgan fingerprint density at radius 1 is 1.24 bits per heavy atom. The third-order valence-electron chi connectivity index (χ3n) is 3.03. The number of nitrogens with one attached hydrogen (secondary N) is 2. The molecule has 0 radical (unpaired) electrons. The lowest BCUT2D eigenvalue weighted by molar-refractivity contribution is 0.797. The Labute approximate surface area is 103 Å². The molecule has 1 fully saturated rings. The lowest BCUT2D eigenvalue weighted by Crippen LogP contribution is -2.18. The van der Waals surface area contributed by atoms with E-state index >= 15 is 0 Å². The molecule has 0 spiro atoms. The van der Waals surface area contributed by atoms with Crippen molar-refractivity contribution in [3.05, 3.63) is 11.9 Å². The minimum Gasteiger partial charge on any atom is -0.370 e. The van der Waals surface area contributed by atoms with E-state index in [1.54, 1.807) is 0 Å². The van der Waals surface area contributed by atoms with Gasteiger partial charge in [0.25, 0.3) is 0 Å². The molecule has 2 rings (SSSR count). The SMILES string of the molecule is CCCc1nc(NCC)cc(NC2(C)CC2)n1. The van der Waals surface area contributed by atoms with E-state index in [9.17, 15) is 0 Å². The third kappa shape index (κ3) is 3.32. The fourth-order valence-electron chi connectivity index (χ4n) is 1.79. The van der Waals surface area contributed by atoms with Crippen LogP contribution in [0.3, 0.4) is 0 Å². The molecule has 0 atom stereocenters. The maximum absolute atomic E-state index is 4.57.